The number of benzene rings is 2. The van der Waals surface area contributed by atoms with Gasteiger partial charge in [-0.15, -0.1) is 0 Å². The first-order chi connectivity index (χ1) is 8.61. The van der Waals surface area contributed by atoms with Gasteiger partial charge in [-0.1, -0.05) is 56.3 Å². The second-order valence-electron chi connectivity index (χ2n) is 4.79. The summed E-state index contributed by atoms with van der Waals surface area (Å²) < 4.78 is 0. The largest absolute Gasteiger partial charge is 0.507 e. The summed E-state index contributed by atoms with van der Waals surface area (Å²) in [5, 5.41) is 20.2. The van der Waals surface area contributed by atoms with Crippen molar-refractivity contribution in [3.05, 3.63) is 54.1 Å². The Hall–Kier alpha value is -1.80. The summed E-state index contributed by atoms with van der Waals surface area (Å²) in [5.41, 5.74) is 2.50. The van der Waals surface area contributed by atoms with E-state index in [1.807, 2.05) is 50.2 Å². The average Bonchev–Trinajstić information content (AvgIpc) is 2.38. The van der Waals surface area contributed by atoms with Gasteiger partial charge in [0, 0.05) is 5.56 Å². The van der Waals surface area contributed by atoms with Crippen LogP contribution in [0.15, 0.2) is 48.5 Å². The molecular formula is C16H18O2. The highest BCUT2D eigenvalue weighted by Crippen LogP contribution is 2.35. The van der Waals surface area contributed by atoms with Gasteiger partial charge in [0.05, 0.1) is 6.10 Å². The number of hydrogen-bond donors (Lipinski definition) is 2. The Morgan fingerprint density at radius 3 is 2.00 bits per heavy atom. The number of phenolic OH excluding ortho intramolecular Hbond substituents is 1. The maximum Gasteiger partial charge on any atom is 0.123 e. The van der Waals surface area contributed by atoms with E-state index in [0.717, 1.165) is 16.7 Å². The molecule has 1 atom stereocenters. The molecule has 2 aromatic carbocycles. The van der Waals surface area contributed by atoms with E-state index in [1.54, 1.807) is 12.1 Å². The molecule has 1 unspecified atom stereocenters. The van der Waals surface area contributed by atoms with Gasteiger partial charge in [-0.25, -0.2) is 0 Å². The van der Waals surface area contributed by atoms with Gasteiger partial charge in [-0.2, -0.15) is 0 Å². The summed E-state index contributed by atoms with van der Waals surface area (Å²) in [4.78, 5) is 0. The van der Waals surface area contributed by atoms with Gasteiger partial charge in [0.1, 0.15) is 5.75 Å². The predicted octanol–water partition coefficient (Wildman–Crippen LogP) is 3.75. The first-order valence-corrected chi connectivity index (χ1v) is 6.16. The van der Waals surface area contributed by atoms with Crippen LogP contribution in [0.1, 0.15) is 25.5 Å². The Bertz CT molecular complexity index is 532. The van der Waals surface area contributed by atoms with Crippen LogP contribution in [0, 0.1) is 5.92 Å². The maximum atomic E-state index is 10.2. The minimum atomic E-state index is -0.527. The fourth-order valence-corrected chi connectivity index (χ4v) is 2.06. The number of para-hydroxylation sites is 1. The van der Waals surface area contributed by atoms with E-state index in [2.05, 4.69) is 0 Å². The van der Waals surface area contributed by atoms with Gasteiger partial charge in [0.2, 0.25) is 0 Å². The van der Waals surface area contributed by atoms with Crippen molar-refractivity contribution in [2.45, 2.75) is 20.0 Å². The molecule has 2 N–H and O–H groups in total. The summed E-state index contributed by atoms with van der Waals surface area (Å²) in [7, 11) is 0. The molecule has 0 heterocycles. The number of aromatic hydroxyl groups is 1. The van der Waals surface area contributed by atoms with Crippen LogP contribution < -0.4 is 0 Å². The fourth-order valence-electron chi connectivity index (χ4n) is 2.06. The molecule has 0 radical (unpaired) electrons. The molecule has 94 valence electrons. The van der Waals surface area contributed by atoms with Crippen LogP contribution in [-0.4, -0.2) is 10.2 Å². The van der Waals surface area contributed by atoms with Crippen LogP contribution in [0.4, 0.5) is 0 Å². The first-order valence-electron chi connectivity index (χ1n) is 6.16. The zero-order valence-corrected chi connectivity index (χ0v) is 10.7. The third-order valence-corrected chi connectivity index (χ3v) is 3.11. The van der Waals surface area contributed by atoms with Crippen LogP contribution in [0.2, 0.25) is 0 Å². The van der Waals surface area contributed by atoms with Crippen molar-refractivity contribution in [1.29, 1.82) is 0 Å². The summed E-state index contributed by atoms with van der Waals surface area (Å²) >= 11 is 0. The average molecular weight is 242 g/mol. The lowest BCUT2D eigenvalue weighted by Crippen LogP contribution is -2.06. The Labute approximate surface area is 108 Å². The van der Waals surface area contributed by atoms with Crippen molar-refractivity contribution in [1.82, 2.24) is 0 Å². The molecule has 0 bridgehead atoms. The van der Waals surface area contributed by atoms with Gasteiger partial charge in [0.15, 0.2) is 0 Å². The van der Waals surface area contributed by atoms with Crippen molar-refractivity contribution < 1.29 is 10.2 Å². The Balaban J connectivity index is 2.55. The molecule has 2 rings (SSSR count). The van der Waals surface area contributed by atoms with E-state index in [0.29, 0.717) is 0 Å². The van der Waals surface area contributed by atoms with Gasteiger partial charge in [-0.05, 0) is 23.1 Å². The molecule has 2 heteroatoms. The molecular weight excluding hydrogens is 224 g/mol. The first kappa shape index (κ1) is 12.7. The van der Waals surface area contributed by atoms with Gasteiger partial charge < -0.3 is 10.2 Å². The quantitative estimate of drug-likeness (QED) is 0.860. The SMILES string of the molecule is CC(C)C(O)c1ccccc1-c1ccccc1O. The molecule has 0 aliphatic rings. The molecule has 0 aromatic heterocycles. The summed E-state index contributed by atoms with van der Waals surface area (Å²) in [6.07, 6.45) is -0.527. The molecule has 0 spiro atoms. The highest BCUT2D eigenvalue weighted by molar-refractivity contribution is 5.73. The fraction of sp³-hybridized carbons (Fsp3) is 0.250. The molecule has 0 saturated heterocycles. The molecule has 0 amide bonds. The lowest BCUT2D eigenvalue weighted by atomic mass is 9.91. The van der Waals surface area contributed by atoms with Crippen molar-refractivity contribution in [3.8, 4) is 16.9 Å². The number of hydrogen-bond acceptors (Lipinski definition) is 2. The van der Waals surface area contributed by atoms with E-state index in [9.17, 15) is 10.2 Å². The second kappa shape index (κ2) is 5.23. The van der Waals surface area contributed by atoms with E-state index >= 15 is 0 Å². The van der Waals surface area contributed by atoms with Crippen molar-refractivity contribution in [3.63, 3.8) is 0 Å². The lowest BCUT2D eigenvalue weighted by molar-refractivity contribution is 0.127. The minimum absolute atomic E-state index is 0.136. The van der Waals surface area contributed by atoms with Gasteiger partial charge >= 0.3 is 0 Å². The van der Waals surface area contributed by atoms with E-state index < -0.39 is 6.10 Å². The molecule has 2 aromatic rings. The van der Waals surface area contributed by atoms with E-state index in [4.69, 9.17) is 0 Å². The second-order valence-corrected chi connectivity index (χ2v) is 4.79. The smallest absolute Gasteiger partial charge is 0.123 e. The molecule has 0 aliphatic heterocycles. The van der Waals surface area contributed by atoms with Crippen LogP contribution in [0.5, 0.6) is 5.75 Å². The van der Waals surface area contributed by atoms with Crippen LogP contribution in [0.25, 0.3) is 11.1 Å². The Morgan fingerprint density at radius 2 is 1.39 bits per heavy atom. The van der Waals surface area contributed by atoms with Crippen LogP contribution >= 0.6 is 0 Å². The minimum Gasteiger partial charge on any atom is -0.507 e. The standard InChI is InChI=1S/C16H18O2/c1-11(2)16(18)14-9-4-3-7-12(14)13-8-5-6-10-15(13)17/h3-11,16-18H,1-2H3. The molecule has 2 nitrogen and oxygen atoms in total. The third-order valence-electron chi connectivity index (χ3n) is 3.11. The summed E-state index contributed by atoms with van der Waals surface area (Å²) in [6.45, 7) is 3.96. The summed E-state index contributed by atoms with van der Waals surface area (Å²) in [5.74, 6) is 0.373. The maximum absolute atomic E-state index is 10.2. The molecule has 0 aliphatic carbocycles. The number of aliphatic hydroxyl groups is 1. The Kier molecular flexibility index (Phi) is 3.68. The van der Waals surface area contributed by atoms with Gasteiger partial charge in [-0.3, -0.25) is 0 Å². The molecule has 0 fully saturated rings. The predicted molar refractivity (Wildman–Crippen MR) is 73.3 cm³/mol. The highest BCUT2D eigenvalue weighted by atomic mass is 16.3. The number of aliphatic hydroxyl groups excluding tert-OH is 1. The topological polar surface area (TPSA) is 40.5 Å². The van der Waals surface area contributed by atoms with Crippen LogP contribution in [-0.2, 0) is 0 Å². The monoisotopic (exact) mass is 242 g/mol. The molecule has 0 saturated carbocycles. The third kappa shape index (κ3) is 2.39. The van der Waals surface area contributed by atoms with Crippen LogP contribution in [0.3, 0.4) is 0 Å². The molecule has 18 heavy (non-hydrogen) atoms. The Morgan fingerprint density at radius 1 is 0.833 bits per heavy atom. The highest BCUT2D eigenvalue weighted by Gasteiger charge is 2.17. The summed E-state index contributed by atoms with van der Waals surface area (Å²) in [6, 6.07) is 14.9. The van der Waals surface area contributed by atoms with Gasteiger partial charge in [0.25, 0.3) is 0 Å². The number of phenols is 1. The normalized spacial score (nSPS) is 12.7. The lowest BCUT2D eigenvalue weighted by Gasteiger charge is -2.19. The van der Waals surface area contributed by atoms with Crippen molar-refractivity contribution in [2.24, 2.45) is 5.92 Å². The van der Waals surface area contributed by atoms with E-state index in [-0.39, 0.29) is 11.7 Å². The zero-order valence-electron chi connectivity index (χ0n) is 10.7. The van der Waals surface area contributed by atoms with E-state index in [1.165, 1.54) is 0 Å². The van der Waals surface area contributed by atoms with Crippen molar-refractivity contribution in [2.75, 3.05) is 0 Å². The zero-order chi connectivity index (χ0) is 13.1. The van der Waals surface area contributed by atoms with Crippen molar-refractivity contribution >= 4 is 0 Å². The number of rotatable bonds is 3.